The van der Waals surface area contributed by atoms with E-state index in [0.29, 0.717) is 12.2 Å². The van der Waals surface area contributed by atoms with Crippen LogP contribution in [0.2, 0.25) is 0 Å². The molecule has 0 radical (unpaired) electrons. The summed E-state index contributed by atoms with van der Waals surface area (Å²) in [7, 11) is 1.51. The number of nitrogens with one attached hydrogen (secondary N) is 1. The molecule has 0 aliphatic heterocycles. The molecule has 4 nitrogen and oxygen atoms in total. The molecule has 0 bridgehead atoms. The maximum atomic E-state index is 11.8. The van der Waals surface area contributed by atoms with E-state index in [1.165, 1.54) is 7.11 Å². The van der Waals surface area contributed by atoms with Crippen molar-refractivity contribution < 1.29 is 27.5 Å². The molecule has 7 heteroatoms. The Labute approximate surface area is 108 Å². The van der Waals surface area contributed by atoms with Crippen LogP contribution in [0.3, 0.4) is 0 Å². The van der Waals surface area contributed by atoms with Crippen molar-refractivity contribution in [2.24, 2.45) is 0 Å². The second-order valence-corrected chi connectivity index (χ2v) is 3.74. The lowest BCUT2D eigenvalue weighted by Gasteiger charge is -2.09. The molecular formula is C12H14F3NO3. The van der Waals surface area contributed by atoms with E-state index in [1.807, 2.05) is 0 Å². The molecule has 0 heterocycles. The summed E-state index contributed by atoms with van der Waals surface area (Å²) in [5.74, 6) is 0.0154. The minimum atomic E-state index is -4.46. The van der Waals surface area contributed by atoms with Crippen LogP contribution in [0.4, 0.5) is 13.2 Å². The van der Waals surface area contributed by atoms with Crippen LogP contribution in [0.25, 0.3) is 0 Å². The minimum absolute atomic E-state index is 0.0121. The first-order valence-corrected chi connectivity index (χ1v) is 5.51. The smallest absolute Gasteiger partial charge is 0.414 e. The van der Waals surface area contributed by atoms with Gasteiger partial charge in [0.1, 0.15) is 5.75 Å². The number of carbonyl (C=O) groups excluding carboxylic acids is 1. The van der Waals surface area contributed by atoms with Crippen LogP contribution in [0.5, 0.6) is 5.75 Å². The highest BCUT2D eigenvalue weighted by Crippen LogP contribution is 2.18. The van der Waals surface area contributed by atoms with Gasteiger partial charge in [0, 0.05) is 6.42 Å². The molecule has 1 rings (SSSR count). The zero-order valence-corrected chi connectivity index (χ0v) is 10.3. The largest absolute Gasteiger partial charge is 0.496 e. The molecule has 0 aromatic heterocycles. The SMILES string of the molecule is COc1ccccc1CCC(=O)NOCC(F)(F)F. The van der Waals surface area contributed by atoms with Crippen LogP contribution in [0.15, 0.2) is 24.3 Å². The molecule has 1 N–H and O–H groups in total. The third kappa shape index (κ3) is 6.10. The highest BCUT2D eigenvalue weighted by molar-refractivity contribution is 5.75. The molecule has 0 aliphatic rings. The average Bonchev–Trinajstić information content (AvgIpc) is 2.35. The highest BCUT2D eigenvalue weighted by Gasteiger charge is 2.28. The minimum Gasteiger partial charge on any atom is -0.496 e. The summed E-state index contributed by atoms with van der Waals surface area (Å²) in [4.78, 5) is 15.3. The van der Waals surface area contributed by atoms with Crippen LogP contribution in [-0.2, 0) is 16.1 Å². The number of halogens is 3. The number of hydroxylamine groups is 1. The van der Waals surface area contributed by atoms with Crippen molar-refractivity contribution in [3.05, 3.63) is 29.8 Å². The molecule has 19 heavy (non-hydrogen) atoms. The molecule has 0 aliphatic carbocycles. The summed E-state index contributed by atoms with van der Waals surface area (Å²) in [6.07, 6.45) is -4.10. The summed E-state index contributed by atoms with van der Waals surface area (Å²) in [6, 6.07) is 7.10. The van der Waals surface area contributed by atoms with Gasteiger partial charge in [0.2, 0.25) is 5.91 Å². The molecule has 1 amide bonds. The molecule has 106 valence electrons. The quantitative estimate of drug-likeness (QED) is 0.811. The van der Waals surface area contributed by atoms with Crippen molar-refractivity contribution in [2.75, 3.05) is 13.7 Å². The summed E-state index contributed by atoms with van der Waals surface area (Å²) < 4.78 is 40.4. The second kappa shape index (κ2) is 6.98. The topological polar surface area (TPSA) is 47.6 Å². The number of alkyl halides is 3. The van der Waals surface area contributed by atoms with Gasteiger partial charge in [0.05, 0.1) is 7.11 Å². The number of ether oxygens (including phenoxy) is 1. The van der Waals surface area contributed by atoms with Crippen molar-refractivity contribution in [1.82, 2.24) is 5.48 Å². The lowest BCUT2D eigenvalue weighted by Crippen LogP contribution is -2.29. The fourth-order valence-electron chi connectivity index (χ4n) is 1.41. The fourth-order valence-corrected chi connectivity index (χ4v) is 1.41. The van der Waals surface area contributed by atoms with E-state index in [2.05, 4.69) is 4.84 Å². The van der Waals surface area contributed by atoms with Crippen LogP contribution in [-0.4, -0.2) is 25.8 Å². The van der Waals surface area contributed by atoms with Gasteiger partial charge in [-0.3, -0.25) is 9.63 Å². The second-order valence-electron chi connectivity index (χ2n) is 3.74. The number of para-hydroxylation sites is 1. The Morgan fingerprint density at radius 1 is 1.32 bits per heavy atom. The third-order valence-electron chi connectivity index (χ3n) is 2.24. The van der Waals surface area contributed by atoms with Gasteiger partial charge in [0.25, 0.3) is 0 Å². The van der Waals surface area contributed by atoms with Gasteiger partial charge in [0.15, 0.2) is 6.61 Å². The Morgan fingerprint density at radius 2 is 2.00 bits per heavy atom. The van der Waals surface area contributed by atoms with Gasteiger partial charge in [-0.2, -0.15) is 13.2 Å². The van der Waals surface area contributed by atoms with Crippen molar-refractivity contribution in [3.8, 4) is 5.75 Å². The first kappa shape index (κ1) is 15.3. The van der Waals surface area contributed by atoms with E-state index in [0.717, 1.165) is 5.56 Å². The Balaban J connectivity index is 2.34. The standard InChI is InChI=1S/C12H14F3NO3/c1-18-10-5-3-2-4-9(10)6-7-11(17)16-19-8-12(13,14)15/h2-5H,6-8H2,1H3,(H,16,17). The van der Waals surface area contributed by atoms with E-state index in [9.17, 15) is 18.0 Å². The van der Waals surface area contributed by atoms with E-state index in [1.54, 1.807) is 29.7 Å². The molecule has 1 aromatic rings. The predicted molar refractivity (Wildman–Crippen MR) is 61.5 cm³/mol. The number of hydrogen-bond acceptors (Lipinski definition) is 3. The number of rotatable bonds is 6. The zero-order valence-electron chi connectivity index (χ0n) is 10.3. The highest BCUT2D eigenvalue weighted by atomic mass is 19.4. The van der Waals surface area contributed by atoms with Crippen molar-refractivity contribution >= 4 is 5.91 Å². The van der Waals surface area contributed by atoms with Gasteiger partial charge in [-0.05, 0) is 18.1 Å². The number of aryl methyl sites for hydroxylation is 1. The molecule has 0 unspecified atom stereocenters. The van der Waals surface area contributed by atoms with Gasteiger partial charge in [-0.1, -0.05) is 18.2 Å². The summed E-state index contributed by atoms with van der Waals surface area (Å²) in [5, 5.41) is 0. The number of hydrogen-bond donors (Lipinski definition) is 1. The van der Waals surface area contributed by atoms with Crippen molar-refractivity contribution in [3.63, 3.8) is 0 Å². The molecular weight excluding hydrogens is 263 g/mol. The molecule has 0 saturated heterocycles. The number of carbonyl (C=O) groups is 1. The molecule has 1 aromatic carbocycles. The monoisotopic (exact) mass is 277 g/mol. The maximum absolute atomic E-state index is 11.8. The zero-order chi connectivity index (χ0) is 14.3. The van der Waals surface area contributed by atoms with Crippen LogP contribution >= 0.6 is 0 Å². The van der Waals surface area contributed by atoms with E-state index >= 15 is 0 Å². The number of amides is 1. The lowest BCUT2D eigenvalue weighted by molar-refractivity contribution is -0.191. The molecule has 0 saturated carbocycles. The fraction of sp³-hybridized carbons (Fsp3) is 0.417. The third-order valence-corrected chi connectivity index (χ3v) is 2.24. The lowest BCUT2D eigenvalue weighted by atomic mass is 10.1. The average molecular weight is 277 g/mol. The van der Waals surface area contributed by atoms with Crippen molar-refractivity contribution in [2.45, 2.75) is 19.0 Å². The van der Waals surface area contributed by atoms with Gasteiger partial charge < -0.3 is 4.74 Å². The predicted octanol–water partition coefficient (Wildman–Crippen LogP) is 2.24. The van der Waals surface area contributed by atoms with Gasteiger partial charge in [-0.25, -0.2) is 5.48 Å². The Morgan fingerprint density at radius 3 is 2.63 bits per heavy atom. The Hall–Kier alpha value is -1.76. The van der Waals surface area contributed by atoms with E-state index in [4.69, 9.17) is 4.74 Å². The maximum Gasteiger partial charge on any atom is 0.414 e. The van der Waals surface area contributed by atoms with Gasteiger partial charge in [-0.15, -0.1) is 0 Å². The van der Waals surface area contributed by atoms with Crippen LogP contribution < -0.4 is 10.2 Å². The molecule has 0 spiro atoms. The van der Waals surface area contributed by atoms with Crippen LogP contribution in [0, 0.1) is 0 Å². The first-order valence-electron chi connectivity index (χ1n) is 5.51. The summed E-state index contributed by atoms with van der Waals surface area (Å²) in [5.41, 5.74) is 2.55. The summed E-state index contributed by atoms with van der Waals surface area (Å²) in [6.45, 7) is -1.51. The summed E-state index contributed by atoms with van der Waals surface area (Å²) >= 11 is 0. The molecule has 0 atom stereocenters. The first-order chi connectivity index (χ1) is 8.92. The van der Waals surface area contributed by atoms with E-state index < -0.39 is 18.7 Å². The Kier molecular flexibility index (Phi) is 5.62. The van der Waals surface area contributed by atoms with Crippen LogP contribution in [0.1, 0.15) is 12.0 Å². The Bertz CT molecular complexity index is 421. The van der Waals surface area contributed by atoms with Gasteiger partial charge >= 0.3 is 6.18 Å². The molecule has 0 fully saturated rings. The number of benzene rings is 1. The van der Waals surface area contributed by atoms with E-state index in [-0.39, 0.29) is 6.42 Å². The normalized spacial score (nSPS) is 11.2. The van der Waals surface area contributed by atoms with Crippen molar-refractivity contribution in [1.29, 1.82) is 0 Å². The number of methoxy groups -OCH3 is 1.